The second-order valence-electron chi connectivity index (χ2n) is 4.52. The van der Waals surface area contributed by atoms with Crippen molar-refractivity contribution in [3.8, 4) is 0 Å². The molecule has 0 N–H and O–H groups in total. The summed E-state index contributed by atoms with van der Waals surface area (Å²) in [5.74, 6) is 0. The van der Waals surface area contributed by atoms with Gasteiger partial charge in [-0.05, 0) is 23.8 Å². The highest BCUT2D eigenvalue weighted by molar-refractivity contribution is 6.35. The van der Waals surface area contributed by atoms with Gasteiger partial charge in [0.15, 0.2) is 0 Å². The molecular formula is C15H13Cl2NO. The SMILES string of the molecule is Clc1cc(Cl)cc(N2COCC2c2ccccc2)c1. The summed E-state index contributed by atoms with van der Waals surface area (Å²) in [6.07, 6.45) is 0. The Morgan fingerprint density at radius 2 is 1.68 bits per heavy atom. The van der Waals surface area contributed by atoms with Crippen LogP contribution in [-0.4, -0.2) is 13.3 Å². The number of ether oxygens (including phenoxy) is 1. The van der Waals surface area contributed by atoms with Gasteiger partial charge in [-0.2, -0.15) is 0 Å². The van der Waals surface area contributed by atoms with E-state index >= 15 is 0 Å². The normalized spacial score (nSPS) is 18.8. The van der Waals surface area contributed by atoms with E-state index in [1.54, 1.807) is 6.07 Å². The smallest absolute Gasteiger partial charge is 0.119 e. The van der Waals surface area contributed by atoms with Crippen LogP contribution in [0.25, 0.3) is 0 Å². The Bertz CT molecular complexity index is 553. The summed E-state index contributed by atoms with van der Waals surface area (Å²) >= 11 is 12.1. The lowest BCUT2D eigenvalue weighted by Crippen LogP contribution is -2.23. The lowest BCUT2D eigenvalue weighted by Gasteiger charge is -2.25. The highest BCUT2D eigenvalue weighted by Crippen LogP contribution is 2.34. The number of halogens is 2. The first-order chi connectivity index (χ1) is 9.24. The van der Waals surface area contributed by atoms with Crippen molar-refractivity contribution >= 4 is 28.9 Å². The van der Waals surface area contributed by atoms with E-state index in [1.165, 1.54) is 5.56 Å². The number of hydrogen-bond donors (Lipinski definition) is 0. The van der Waals surface area contributed by atoms with Crippen molar-refractivity contribution in [3.05, 3.63) is 64.1 Å². The summed E-state index contributed by atoms with van der Waals surface area (Å²) in [6, 6.07) is 16.1. The molecule has 0 amide bonds. The maximum Gasteiger partial charge on any atom is 0.119 e. The molecule has 0 radical (unpaired) electrons. The van der Waals surface area contributed by atoms with Crippen LogP contribution in [0.3, 0.4) is 0 Å². The topological polar surface area (TPSA) is 12.5 Å². The van der Waals surface area contributed by atoms with Gasteiger partial charge in [0, 0.05) is 15.7 Å². The average molecular weight is 294 g/mol. The third kappa shape index (κ3) is 2.71. The molecule has 1 saturated heterocycles. The Morgan fingerprint density at radius 1 is 1.00 bits per heavy atom. The molecule has 1 unspecified atom stereocenters. The molecule has 1 heterocycles. The predicted octanol–water partition coefficient (Wildman–Crippen LogP) is 4.53. The van der Waals surface area contributed by atoms with E-state index < -0.39 is 0 Å². The second kappa shape index (κ2) is 5.41. The van der Waals surface area contributed by atoms with Gasteiger partial charge in [0.25, 0.3) is 0 Å². The van der Waals surface area contributed by atoms with Gasteiger partial charge in [0.05, 0.1) is 12.6 Å². The average Bonchev–Trinajstić information content (AvgIpc) is 2.88. The molecule has 2 aromatic rings. The van der Waals surface area contributed by atoms with Crippen LogP contribution in [0.5, 0.6) is 0 Å². The minimum Gasteiger partial charge on any atom is -0.359 e. The molecule has 0 aromatic heterocycles. The molecule has 4 heteroatoms. The molecule has 19 heavy (non-hydrogen) atoms. The number of benzene rings is 2. The molecule has 0 saturated carbocycles. The van der Waals surface area contributed by atoms with Gasteiger partial charge >= 0.3 is 0 Å². The summed E-state index contributed by atoms with van der Waals surface area (Å²) in [4.78, 5) is 2.17. The molecule has 98 valence electrons. The summed E-state index contributed by atoms with van der Waals surface area (Å²) in [5.41, 5.74) is 2.22. The first-order valence-electron chi connectivity index (χ1n) is 6.09. The molecule has 0 bridgehead atoms. The molecule has 2 aromatic carbocycles. The standard InChI is InChI=1S/C15H13Cl2NO/c16-12-6-13(17)8-14(7-12)18-10-19-9-15(18)11-4-2-1-3-5-11/h1-8,15H,9-10H2. The Labute approximate surface area is 122 Å². The third-order valence-electron chi connectivity index (χ3n) is 3.25. The van der Waals surface area contributed by atoms with E-state index in [4.69, 9.17) is 27.9 Å². The molecular weight excluding hydrogens is 281 g/mol. The van der Waals surface area contributed by atoms with Crippen molar-refractivity contribution < 1.29 is 4.74 Å². The van der Waals surface area contributed by atoms with Crippen molar-refractivity contribution in [2.45, 2.75) is 6.04 Å². The zero-order valence-corrected chi connectivity index (χ0v) is 11.7. The zero-order chi connectivity index (χ0) is 13.2. The number of rotatable bonds is 2. The van der Waals surface area contributed by atoms with Crippen LogP contribution in [0, 0.1) is 0 Å². The maximum absolute atomic E-state index is 6.07. The monoisotopic (exact) mass is 293 g/mol. The number of hydrogen-bond acceptors (Lipinski definition) is 2. The number of nitrogens with zero attached hydrogens (tertiary/aromatic N) is 1. The van der Waals surface area contributed by atoms with Crippen LogP contribution >= 0.6 is 23.2 Å². The fourth-order valence-corrected chi connectivity index (χ4v) is 2.87. The van der Waals surface area contributed by atoms with Gasteiger partial charge in [-0.25, -0.2) is 0 Å². The van der Waals surface area contributed by atoms with Crippen LogP contribution in [-0.2, 0) is 4.74 Å². The summed E-state index contributed by atoms with van der Waals surface area (Å²) in [5, 5.41) is 1.28. The maximum atomic E-state index is 6.07. The summed E-state index contributed by atoms with van der Waals surface area (Å²) in [6.45, 7) is 1.23. The molecule has 1 fully saturated rings. The van der Waals surface area contributed by atoms with Crippen molar-refractivity contribution in [2.24, 2.45) is 0 Å². The largest absolute Gasteiger partial charge is 0.359 e. The van der Waals surface area contributed by atoms with Gasteiger partial charge in [-0.1, -0.05) is 53.5 Å². The van der Waals surface area contributed by atoms with Crippen molar-refractivity contribution in [1.82, 2.24) is 0 Å². The molecule has 1 atom stereocenters. The molecule has 3 rings (SSSR count). The highest BCUT2D eigenvalue weighted by Gasteiger charge is 2.27. The Balaban J connectivity index is 1.95. The van der Waals surface area contributed by atoms with Crippen LogP contribution < -0.4 is 4.90 Å². The zero-order valence-electron chi connectivity index (χ0n) is 10.2. The van der Waals surface area contributed by atoms with Crippen LogP contribution in [0.4, 0.5) is 5.69 Å². The van der Waals surface area contributed by atoms with Crippen molar-refractivity contribution in [2.75, 3.05) is 18.2 Å². The quantitative estimate of drug-likeness (QED) is 0.807. The lowest BCUT2D eigenvalue weighted by molar-refractivity contribution is 0.194. The van der Waals surface area contributed by atoms with Gasteiger partial charge in [0.1, 0.15) is 6.73 Å². The van der Waals surface area contributed by atoms with E-state index in [2.05, 4.69) is 17.0 Å². The predicted molar refractivity (Wildman–Crippen MR) is 78.9 cm³/mol. The Hall–Kier alpha value is -1.22. The van der Waals surface area contributed by atoms with Crippen LogP contribution in [0.1, 0.15) is 11.6 Å². The Morgan fingerprint density at radius 3 is 2.37 bits per heavy atom. The molecule has 1 aliphatic heterocycles. The van der Waals surface area contributed by atoms with Gasteiger partial charge in [-0.15, -0.1) is 0 Å². The molecule has 1 aliphatic rings. The fraction of sp³-hybridized carbons (Fsp3) is 0.200. The van der Waals surface area contributed by atoms with Crippen molar-refractivity contribution in [1.29, 1.82) is 0 Å². The van der Waals surface area contributed by atoms with Crippen molar-refractivity contribution in [3.63, 3.8) is 0 Å². The Kier molecular flexibility index (Phi) is 3.65. The van der Waals surface area contributed by atoms with E-state index in [0.717, 1.165) is 5.69 Å². The first kappa shape index (κ1) is 12.8. The molecule has 0 aliphatic carbocycles. The lowest BCUT2D eigenvalue weighted by atomic mass is 10.1. The summed E-state index contributed by atoms with van der Waals surface area (Å²) < 4.78 is 5.60. The van der Waals surface area contributed by atoms with Gasteiger partial charge in [-0.3, -0.25) is 0 Å². The fourth-order valence-electron chi connectivity index (χ4n) is 2.35. The van der Waals surface area contributed by atoms with E-state index in [0.29, 0.717) is 23.4 Å². The van der Waals surface area contributed by atoms with E-state index in [1.807, 2.05) is 30.3 Å². The first-order valence-corrected chi connectivity index (χ1v) is 6.85. The second-order valence-corrected chi connectivity index (χ2v) is 5.40. The number of anilines is 1. The van der Waals surface area contributed by atoms with Crippen LogP contribution in [0.2, 0.25) is 10.0 Å². The highest BCUT2D eigenvalue weighted by atomic mass is 35.5. The van der Waals surface area contributed by atoms with Gasteiger partial charge < -0.3 is 9.64 Å². The van der Waals surface area contributed by atoms with Gasteiger partial charge in [0.2, 0.25) is 0 Å². The van der Waals surface area contributed by atoms with Crippen LogP contribution in [0.15, 0.2) is 48.5 Å². The minimum absolute atomic E-state index is 0.204. The summed E-state index contributed by atoms with van der Waals surface area (Å²) in [7, 11) is 0. The minimum atomic E-state index is 0.204. The molecule has 0 spiro atoms. The molecule has 2 nitrogen and oxygen atoms in total. The third-order valence-corrected chi connectivity index (χ3v) is 3.68. The van der Waals surface area contributed by atoms with E-state index in [9.17, 15) is 0 Å². The van der Waals surface area contributed by atoms with E-state index in [-0.39, 0.29) is 6.04 Å².